The smallest absolute Gasteiger partial charge is 0.224 e. The third-order valence-corrected chi connectivity index (χ3v) is 5.50. The van der Waals surface area contributed by atoms with Gasteiger partial charge < -0.3 is 19.5 Å². The van der Waals surface area contributed by atoms with Crippen molar-refractivity contribution in [3.8, 4) is 0 Å². The zero-order valence-corrected chi connectivity index (χ0v) is 14.6. The zero-order valence-electron chi connectivity index (χ0n) is 14.6. The van der Waals surface area contributed by atoms with E-state index in [0.29, 0.717) is 39.0 Å². The lowest BCUT2D eigenvalue weighted by Gasteiger charge is -2.28. The Hall–Kier alpha value is -1.92. The Labute approximate surface area is 148 Å². The normalized spacial score (nSPS) is 24.4. The number of aryl methyl sites for hydroxylation is 1. The number of para-hydroxylation sites is 2. The molecule has 1 amide bonds. The summed E-state index contributed by atoms with van der Waals surface area (Å²) < 4.78 is 2.03. The molecule has 4 rings (SSSR count). The van der Waals surface area contributed by atoms with Crippen molar-refractivity contribution in [1.29, 1.82) is 0 Å². The Morgan fingerprint density at radius 3 is 2.84 bits per heavy atom. The number of amides is 1. The van der Waals surface area contributed by atoms with Gasteiger partial charge in [0.2, 0.25) is 5.91 Å². The van der Waals surface area contributed by atoms with Crippen LogP contribution in [0.5, 0.6) is 0 Å². The Kier molecular flexibility index (Phi) is 4.48. The molecule has 2 aliphatic heterocycles. The predicted molar refractivity (Wildman–Crippen MR) is 96.2 cm³/mol. The average Bonchev–Trinajstić information content (AvgIpc) is 3.33. The van der Waals surface area contributed by atoms with Crippen LogP contribution in [0.1, 0.15) is 25.7 Å². The van der Waals surface area contributed by atoms with E-state index in [0.717, 1.165) is 24.1 Å². The zero-order chi connectivity index (χ0) is 17.3. The van der Waals surface area contributed by atoms with Crippen LogP contribution in [-0.2, 0) is 11.3 Å². The van der Waals surface area contributed by atoms with E-state index in [4.69, 9.17) is 0 Å². The van der Waals surface area contributed by atoms with Gasteiger partial charge in [0.15, 0.2) is 0 Å². The summed E-state index contributed by atoms with van der Waals surface area (Å²) in [5.41, 5.74) is 1.28. The van der Waals surface area contributed by atoms with Gasteiger partial charge in [0.05, 0.1) is 29.5 Å². The van der Waals surface area contributed by atoms with E-state index in [9.17, 15) is 9.90 Å². The van der Waals surface area contributed by atoms with E-state index >= 15 is 0 Å². The number of rotatable bonds is 5. The maximum atomic E-state index is 12.6. The van der Waals surface area contributed by atoms with Crippen LogP contribution in [0.4, 0.5) is 0 Å². The average molecular weight is 342 g/mol. The number of carbonyl (C=O) groups is 1. The van der Waals surface area contributed by atoms with Gasteiger partial charge in [-0.2, -0.15) is 0 Å². The van der Waals surface area contributed by atoms with E-state index in [-0.39, 0.29) is 5.91 Å². The van der Waals surface area contributed by atoms with Crippen LogP contribution in [0, 0.1) is 0 Å². The van der Waals surface area contributed by atoms with Crippen LogP contribution in [0.25, 0.3) is 11.0 Å². The van der Waals surface area contributed by atoms with Gasteiger partial charge in [0, 0.05) is 26.1 Å². The van der Waals surface area contributed by atoms with E-state index in [2.05, 4.69) is 9.88 Å². The highest BCUT2D eigenvalue weighted by molar-refractivity contribution is 5.78. The number of carbonyl (C=O) groups excluding carboxylic acids is 1. The van der Waals surface area contributed by atoms with Gasteiger partial charge in [-0.25, -0.2) is 4.98 Å². The summed E-state index contributed by atoms with van der Waals surface area (Å²) in [6.45, 7) is 4.60. The quantitative estimate of drug-likeness (QED) is 0.894. The van der Waals surface area contributed by atoms with Crippen molar-refractivity contribution in [3.05, 3.63) is 30.6 Å². The first kappa shape index (κ1) is 16.5. The van der Waals surface area contributed by atoms with E-state index in [1.807, 2.05) is 33.7 Å². The second-order valence-electron chi connectivity index (χ2n) is 7.45. The summed E-state index contributed by atoms with van der Waals surface area (Å²) in [6, 6.07) is 7.96. The lowest BCUT2D eigenvalue weighted by atomic mass is 10.0. The molecule has 2 aliphatic rings. The van der Waals surface area contributed by atoms with Crippen LogP contribution in [0.3, 0.4) is 0 Å². The highest BCUT2D eigenvalue weighted by Gasteiger charge is 2.39. The molecular weight excluding hydrogens is 316 g/mol. The van der Waals surface area contributed by atoms with Gasteiger partial charge in [-0.3, -0.25) is 4.79 Å². The number of aliphatic hydroxyl groups is 1. The monoisotopic (exact) mass is 342 g/mol. The van der Waals surface area contributed by atoms with Crippen molar-refractivity contribution in [1.82, 2.24) is 19.4 Å². The molecule has 0 bridgehead atoms. The topological polar surface area (TPSA) is 61.6 Å². The summed E-state index contributed by atoms with van der Waals surface area (Å²) in [7, 11) is 0. The van der Waals surface area contributed by atoms with Gasteiger partial charge in [-0.1, -0.05) is 12.1 Å². The molecule has 25 heavy (non-hydrogen) atoms. The number of fused-ring (bicyclic) bond motifs is 1. The SMILES string of the molecule is O=C(CCn1cnc2ccccc21)N1CC[C@](O)(CN2CCCC2)C1. The highest BCUT2D eigenvalue weighted by atomic mass is 16.3. The standard InChI is InChI=1S/C19H26N4O2/c24-18(7-11-23-15-20-16-5-1-2-6-17(16)23)22-12-8-19(25,14-22)13-21-9-3-4-10-21/h1-2,5-6,15,25H,3-4,7-14H2/t19-/m0/s1. The molecule has 6 heteroatoms. The maximum absolute atomic E-state index is 12.6. The van der Waals surface area contributed by atoms with E-state index < -0.39 is 5.60 Å². The number of hydrogen-bond acceptors (Lipinski definition) is 4. The molecule has 134 valence electrons. The first-order valence-corrected chi connectivity index (χ1v) is 9.25. The molecule has 1 aromatic heterocycles. The Morgan fingerprint density at radius 2 is 2.00 bits per heavy atom. The van der Waals surface area contributed by atoms with Crippen LogP contribution in [-0.4, -0.2) is 68.7 Å². The minimum absolute atomic E-state index is 0.120. The number of benzene rings is 1. The molecule has 1 aromatic carbocycles. The fraction of sp³-hybridized carbons (Fsp3) is 0.579. The summed E-state index contributed by atoms with van der Waals surface area (Å²) >= 11 is 0. The summed E-state index contributed by atoms with van der Waals surface area (Å²) in [5.74, 6) is 0.120. The van der Waals surface area contributed by atoms with Gasteiger partial charge in [-0.15, -0.1) is 0 Å². The lowest BCUT2D eigenvalue weighted by molar-refractivity contribution is -0.131. The van der Waals surface area contributed by atoms with Crippen molar-refractivity contribution in [2.24, 2.45) is 0 Å². The van der Waals surface area contributed by atoms with E-state index in [1.165, 1.54) is 12.8 Å². The van der Waals surface area contributed by atoms with Gasteiger partial charge in [0.1, 0.15) is 0 Å². The van der Waals surface area contributed by atoms with Crippen LogP contribution in [0.2, 0.25) is 0 Å². The number of imidazole rings is 1. The molecular formula is C19H26N4O2. The van der Waals surface area contributed by atoms with Gasteiger partial charge in [0.25, 0.3) is 0 Å². The molecule has 0 unspecified atom stereocenters. The van der Waals surface area contributed by atoms with Gasteiger partial charge >= 0.3 is 0 Å². The maximum Gasteiger partial charge on any atom is 0.224 e. The highest BCUT2D eigenvalue weighted by Crippen LogP contribution is 2.25. The molecule has 3 heterocycles. The number of nitrogens with zero attached hydrogens (tertiary/aromatic N) is 4. The predicted octanol–water partition coefficient (Wildman–Crippen LogP) is 1.49. The molecule has 6 nitrogen and oxygen atoms in total. The van der Waals surface area contributed by atoms with Crippen molar-refractivity contribution in [3.63, 3.8) is 0 Å². The Balaban J connectivity index is 1.32. The van der Waals surface area contributed by atoms with Crippen molar-refractivity contribution < 1.29 is 9.90 Å². The first-order valence-electron chi connectivity index (χ1n) is 9.25. The molecule has 0 spiro atoms. The Bertz CT molecular complexity index is 753. The summed E-state index contributed by atoms with van der Waals surface area (Å²) in [6.07, 6.45) is 5.37. The Morgan fingerprint density at radius 1 is 1.20 bits per heavy atom. The van der Waals surface area contributed by atoms with Crippen molar-refractivity contribution >= 4 is 16.9 Å². The van der Waals surface area contributed by atoms with Crippen molar-refractivity contribution in [2.75, 3.05) is 32.7 Å². The number of aromatic nitrogens is 2. The number of likely N-dealkylation sites (tertiary alicyclic amines) is 2. The van der Waals surface area contributed by atoms with Crippen LogP contribution in [0.15, 0.2) is 30.6 Å². The molecule has 1 N–H and O–H groups in total. The third kappa shape index (κ3) is 3.55. The minimum atomic E-state index is -0.734. The second kappa shape index (κ2) is 6.77. The molecule has 2 aromatic rings. The molecule has 0 radical (unpaired) electrons. The molecule has 1 atom stereocenters. The fourth-order valence-corrected chi connectivity index (χ4v) is 4.12. The van der Waals surface area contributed by atoms with Crippen molar-refractivity contribution in [2.45, 2.75) is 37.8 Å². The molecule has 2 saturated heterocycles. The summed E-state index contributed by atoms with van der Waals surface area (Å²) in [4.78, 5) is 21.1. The summed E-state index contributed by atoms with van der Waals surface area (Å²) in [5, 5.41) is 10.8. The minimum Gasteiger partial charge on any atom is -0.387 e. The second-order valence-corrected chi connectivity index (χ2v) is 7.45. The van der Waals surface area contributed by atoms with E-state index in [1.54, 1.807) is 6.33 Å². The number of β-amino-alcohol motifs (C(OH)–C–C–N with tert-alkyl or cyclic N) is 1. The first-order chi connectivity index (χ1) is 12.1. The van der Waals surface area contributed by atoms with Crippen LogP contribution < -0.4 is 0 Å². The largest absolute Gasteiger partial charge is 0.387 e. The van der Waals surface area contributed by atoms with Crippen LogP contribution >= 0.6 is 0 Å². The molecule has 0 saturated carbocycles. The molecule has 0 aliphatic carbocycles. The molecule has 2 fully saturated rings. The number of hydrogen-bond donors (Lipinski definition) is 1. The fourth-order valence-electron chi connectivity index (χ4n) is 4.12. The lowest BCUT2D eigenvalue weighted by Crippen LogP contribution is -2.45. The third-order valence-electron chi connectivity index (χ3n) is 5.50. The van der Waals surface area contributed by atoms with Gasteiger partial charge in [-0.05, 0) is 44.5 Å².